The van der Waals surface area contributed by atoms with Crippen LogP contribution in [0.1, 0.15) is 6.92 Å². The summed E-state index contributed by atoms with van der Waals surface area (Å²) in [4.78, 5) is 0. The molecule has 0 aromatic heterocycles. The summed E-state index contributed by atoms with van der Waals surface area (Å²) in [6.07, 6.45) is 0. The smallest absolute Gasteiger partial charge is 0.264 e. The van der Waals surface area contributed by atoms with Crippen LogP contribution in [0.15, 0.2) is 0 Å². The predicted molar refractivity (Wildman–Crippen MR) is 29.3 cm³/mol. The highest BCUT2D eigenvalue weighted by Gasteiger charge is 1.93. The van der Waals surface area contributed by atoms with Gasteiger partial charge in [-0.05, 0) is 6.92 Å². The quantitative estimate of drug-likeness (QED) is 0.542. The summed E-state index contributed by atoms with van der Waals surface area (Å²) in [5.41, 5.74) is 0. The summed E-state index contributed by atoms with van der Waals surface area (Å²) in [6.45, 7) is 1.37. The van der Waals surface area contributed by atoms with Crippen molar-refractivity contribution in [3.63, 3.8) is 0 Å². The van der Waals surface area contributed by atoms with Crippen molar-refractivity contribution >= 4 is 22.5 Å². The van der Waals surface area contributed by atoms with E-state index < -0.39 is 10.1 Å². The molecule has 0 atom stereocenters. The van der Waals surface area contributed by atoms with Gasteiger partial charge in [-0.3, -0.25) is 4.55 Å². The van der Waals surface area contributed by atoms with E-state index in [0.29, 0.717) is 0 Å². The van der Waals surface area contributed by atoms with Crippen LogP contribution in [0, 0.1) is 0 Å². The van der Waals surface area contributed by atoms with E-state index in [1.54, 1.807) is 0 Å². The van der Waals surface area contributed by atoms with Gasteiger partial charge in [-0.15, -0.1) is 12.4 Å². The van der Waals surface area contributed by atoms with Gasteiger partial charge in [0.1, 0.15) is 0 Å². The molecule has 0 aliphatic heterocycles. The fraction of sp³-hybridized carbons (Fsp3) is 1.00. The lowest BCUT2D eigenvalue weighted by Gasteiger charge is -1.79. The van der Waals surface area contributed by atoms with Gasteiger partial charge in [-0.2, -0.15) is 8.42 Å². The normalized spacial score (nSPS) is 10.0. The van der Waals surface area contributed by atoms with Gasteiger partial charge < -0.3 is 0 Å². The van der Waals surface area contributed by atoms with Crippen molar-refractivity contribution in [1.82, 2.24) is 0 Å². The fourth-order valence-electron chi connectivity index (χ4n) is 0. The summed E-state index contributed by atoms with van der Waals surface area (Å²) >= 11 is 0. The average molecular weight is 147 g/mol. The molecule has 0 saturated heterocycles. The molecule has 0 aliphatic carbocycles. The van der Waals surface area contributed by atoms with Crippen LogP contribution in [0.4, 0.5) is 0 Å². The molecule has 0 aliphatic rings. The Kier molecular flexibility index (Phi) is 4.73. The lowest BCUT2D eigenvalue weighted by Crippen LogP contribution is -1.97. The lowest BCUT2D eigenvalue weighted by molar-refractivity contribution is 0.484. The SMILES string of the molecule is CCS(=O)(=O)O.Cl. The third kappa shape index (κ3) is 10.7. The van der Waals surface area contributed by atoms with Crippen LogP contribution in [-0.4, -0.2) is 18.7 Å². The zero-order valence-electron chi connectivity index (χ0n) is 3.79. The summed E-state index contributed by atoms with van der Waals surface area (Å²) < 4.78 is 26.9. The van der Waals surface area contributed by atoms with E-state index in [0.717, 1.165) is 0 Å². The second-order valence-electron chi connectivity index (χ2n) is 0.871. The summed E-state index contributed by atoms with van der Waals surface area (Å²) in [5.74, 6) is -0.201. The van der Waals surface area contributed by atoms with Gasteiger partial charge in [-0.1, -0.05) is 0 Å². The molecule has 0 aromatic rings. The van der Waals surface area contributed by atoms with Crippen molar-refractivity contribution in [2.75, 3.05) is 5.75 Å². The minimum absolute atomic E-state index is 0. The summed E-state index contributed by atoms with van der Waals surface area (Å²) in [6, 6.07) is 0. The highest BCUT2D eigenvalue weighted by molar-refractivity contribution is 7.85. The van der Waals surface area contributed by atoms with Crippen LogP contribution in [0.2, 0.25) is 0 Å². The van der Waals surface area contributed by atoms with E-state index in [2.05, 4.69) is 0 Å². The molecule has 0 radical (unpaired) electrons. The maximum atomic E-state index is 9.56. The predicted octanol–water partition coefficient (Wildman–Crippen LogP) is 0.316. The Morgan fingerprint density at radius 1 is 1.57 bits per heavy atom. The molecule has 5 heteroatoms. The second kappa shape index (κ2) is 3.23. The molecule has 0 aromatic carbocycles. The molecule has 0 unspecified atom stereocenters. The first-order chi connectivity index (χ1) is 2.56. The Bertz CT molecular complexity index is 115. The molecule has 3 nitrogen and oxygen atoms in total. The molecule has 0 rings (SSSR count). The van der Waals surface area contributed by atoms with Gasteiger partial charge in [-0.25, -0.2) is 0 Å². The monoisotopic (exact) mass is 146 g/mol. The highest BCUT2D eigenvalue weighted by Crippen LogP contribution is 1.74. The van der Waals surface area contributed by atoms with Crippen molar-refractivity contribution in [3.8, 4) is 0 Å². The second-order valence-corrected chi connectivity index (χ2v) is 2.61. The first kappa shape index (κ1) is 10.2. The number of hydrogen-bond acceptors (Lipinski definition) is 2. The Morgan fingerprint density at radius 2 is 1.71 bits per heavy atom. The van der Waals surface area contributed by atoms with E-state index in [4.69, 9.17) is 4.55 Å². The Labute approximate surface area is 48.9 Å². The van der Waals surface area contributed by atoms with Crippen LogP contribution in [0.5, 0.6) is 0 Å². The van der Waals surface area contributed by atoms with Crippen molar-refractivity contribution in [2.24, 2.45) is 0 Å². The highest BCUT2D eigenvalue weighted by atomic mass is 35.5. The molecular weight excluding hydrogens is 140 g/mol. The minimum atomic E-state index is -3.66. The Morgan fingerprint density at radius 3 is 1.71 bits per heavy atom. The van der Waals surface area contributed by atoms with E-state index in [1.165, 1.54) is 6.92 Å². The van der Waals surface area contributed by atoms with Crippen LogP contribution >= 0.6 is 12.4 Å². The first-order valence-electron chi connectivity index (χ1n) is 1.51. The van der Waals surface area contributed by atoms with Crippen LogP contribution in [-0.2, 0) is 10.1 Å². The fourth-order valence-corrected chi connectivity index (χ4v) is 0. The number of rotatable bonds is 1. The van der Waals surface area contributed by atoms with Gasteiger partial charge in [0.2, 0.25) is 0 Å². The van der Waals surface area contributed by atoms with Crippen LogP contribution < -0.4 is 0 Å². The lowest BCUT2D eigenvalue weighted by atomic mass is 11.0. The summed E-state index contributed by atoms with van der Waals surface area (Å²) in [5, 5.41) is 0. The maximum absolute atomic E-state index is 9.56. The zero-order chi connectivity index (χ0) is 5.21. The molecule has 0 spiro atoms. The van der Waals surface area contributed by atoms with Gasteiger partial charge >= 0.3 is 0 Å². The molecular formula is C2H7ClO3S. The van der Waals surface area contributed by atoms with E-state index in [1.807, 2.05) is 0 Å². The first-order valence-corrected chi connectivity index (χ1v) is 3.12. The maximum Gasteiger partial charge on any atom is 0.264 e. The van der Waals surface area contributed by atoms with E-state index in [9.17, 15) is 8.42 Å². The van der Waals surface area contributed by atoms with Crippen molar-refractivity contribution < 1.29 is 13.0 Å². The molecule has 0 saturated carbocycles. The molecule has 0 amide bonds. The largest absolute Gasteiger partial charge is 0.286 e. The Hall–Kier alpha value is 0.200. The van der Waals surface area contributed by atoms with E-state index in [-0.39, 0.29) is 18.2 Å². The number of halogens is 1. The van der Waals surface area contributed by atoms with Crippen LogP contribution in [0.3, 0.4) is 0 Å². The van der Waals surface area contributed by atoms with Gasteiger partial charge in [0.15, 0.2) is 0 Å². The third-order valence-electron chi connectivity index (χ3n) is 0.365. The average Bonchev–Trinajstić information content (AvgIpc) is 1.35. The molecule has 46 valence electrons. The third-order valence-corrected chi connectivity index (χ3v) is 1.09. The molecule has 7 heavy (non-hydrogen) atoms. The van der Waals surface area contributed by atoms with Crippen molar-refractivity contribution in [3.05, 3.63) is 0 Å². The number of hydrogen-bond donors (Lipinski definition) is 1. The molecule has 0 bridgehead atoms. The van der Waals surface area contributed by atoms with Gasteiger partial charge in [0.05, 0.1) is 5.75 Å². The van der Waals surface area contributed by atoms with Crippen molar-refractivity contribution in [2.45, 2.75) is 6.92 Å². The van der Waals surface area contributed by atoms with E-state index >= 15 is 0 Å². The summed E-state index contributed by atoms with van der Waals surface area (Å²) in [7, 11) is -3.66. The Balaban J connectivity index is 0. The van der Waals surface area contributed by atoms with Crippen molar-refractivity contribution in [1.29, 1.82) is 0 Å². The topological polar surface area (TPSA) is 54.4 Å². The molecule has 1 N–H and O–H groups in total. The molecule has 0 fully saturated rings. The molecule has 0 heterocycles. The minimum Gasteiger partial charge on any atom is -0.286 e. The zero-order valence-corrected chi connectivity index (χ0v) is 5.42. The van der Waals surface area contributed by atoms with Gasteiger partial charge in [0.25, 0.3) is 10.1 Å². The standard InChI is InChI=1S/C2H6O3S.ClH/c1-2-6(3,4)5;/h2H2,1H3,(H,3,4,5);1H. The van der Waals surface area contributed by atoms with Crippen LogP contribution in [0.25, 0.3) is 0 Å². The van der Waals surface area contributed by atoms with Gasteiger partial charge in [0, 0.05) is 0 Å².